The molecule has 0 fully saturated rings. The van der Waals surface area contributed by atoms with Crippen molar-refractivity contribution in [1.29, 1.82) is 0 Å². The molecule has 0 bridgehead atoms. The Balaban J connectivity index is 1.64. The molecule has 28 heavy (non-hydrogen) atoms. The van der Waals surface area contributed by atoms with Crippen molar-refractivity contribution in [2.24, 2.45) is 4.99 Å². The summed E-state index contributed by atoms with van der Waals surface area (Å²) in [5.74, 6) is 0.614. The highest BCUT2D eigenvalue weighted by Gasteiger charge is 2.10. The quantitative estimate of drug-likeness (QED) is 0.297. The first-order chi connectivity index (χ1) is 13.6. The van der Waals surface area contributed by atoms with Gasteiger partial charge in [0, 0.05) is 38.1 Å². The van der Waals surface area contributed by atoms with Crippen LogP contribution in [0, 0.1) is 10.1 Å². The number of benzene rings is 2. The Labute approximate surface area is 163 Å². The van der Waals surface area contributed by atoms with Crippen molar-refractivity contribution in [3.05, 3.63) is 88.2 Å². The summed E-state index contributed by atoms with van der Waals surface area (Å²) in [5.41, 5.74) is 2.96. The molecule has 144 valence electrons. The molecule has 0 aliphatic carbocycles. The van der Waals surface area contributed by atoms with Crippen LogP contribution in [0.5, 0.6) is 0 Å². The maximum Gasteiger partial charge on any atom is 0.269 e. The van der Waals surface area contributed by atoms with Gasteiger partial charge in [-0.2, -0.15) is 5.10 Å². The van der Waals surface area contributed by atoms with Crippen molar-refractivity contribution in [3.8, 4) is 5.69 Å². The molecule has 0 aliphatic rings. The fraction of sp³-hybridized carbons (Fsp3) is 0.200. The van der Waals surface area contributed by atoms with Crippen LogP contribution in [-0.2, 0) is 6.54 Å². The van der Waals surface area contributed by atoms with Gasteiger partial charge < -0.3 is 10.6 Å². The molecule has 0 spiro atoms. The van der Waals surface area contributed by atoms with Crippen LogP contribution in [0.2, 0.25) is 0 Å². The number of hydrogen-bond donors (Lipinski definition) is 2. The summed E-state index contributed by atoms with van der Waals surface area (Å²) >= 11 is 0. The standard InChI is InChI=1S/C20H22N6O2/c1-15(17-7-4-8-18(13-17)25-11-5-10-23-25)24-20(21-2)22-14-16-6-3-9-19(12-16)26(27)28/h3-13,15H,14H2,1-2H3,(H2,21,22,24). The highest BCUT2D eigenvalue weighted by atomic mass is 16.6. The highest BCUT2D eigenvalue weighted by Crippen LogP contribution is 2.17. The Morgan fingerprint density at radius 3 is 2.79 bits per heavy atom. The number of nitrogens with one attached hydrogen (secondary N) is 2. The Morgan fingerprint density at radius 1 is 1.25 bits per heavy atom. The van der Waals surface area contributed by atoms with Crippen molar-refractivity contribution >= 4 is 11.6 Å². The van der Waals surface area contributed by atoms with Crippen molar-refractivity contribution in [2.75, 3.05) is 7.05 Å². The molecule has 0 aliphatic heterocycles. The first-order valence-electron chi connectivity index (χ1n) is 8.87. The number of rotatable bonds is 6. The molecular weight excluding hydrogens is 356 g/mol. The van der Waals surface area contributed by atoms with Crippen LogP contribution in [0.15, 0.2) is 72.0 Å². The molecule has 1 atom stereocenters. The van der Waals surface area contributed by atoms with Crippen LogP contribution < -0.4 is 10.6 Å². The minimum Gasteiger partial charge on any atom is -0.352 e. The normalized spacial score (nSPS) is 12.4. The second-order valence-electron chi connectivity index (χ2n) is 6.26. The third-order valence-electron chi connectivity index (χ3n) is 4.30. The monoisotopic (exact) mass is 378 g/mol. The van der Waals surface area contributed by atoms with Crippen molar-refractivity contribution in [3.63, 3.8) is 0 Å². The van der Waals surface area contributed by atoms with Crippen molar-refractivity contribution in [1.82, 2.24) is 20.4 Å². The lowest BCUT2D eigenvalue weighted by Gasteiger charge is -2.19. The van der Waals surface area contributed by atoms with Gasteiger partial charge in [0.1, 0.15) is 0 Å². The molecule has 2 aromatic carbocycles. The fourth-order valence-electron chi connectivity index (χ4n) is 2.81. The average molecular weight is 378 g/mol. The molecule has 0 amide bonds. The second kappa shape index (κ2) is 8.81. The van der Waals surface area contributed by atoms with Gasteiger partial charge in [-0.3, -0.25) is 15.1 Å². The number of non-ortho nitro benzene ring substituents is 1. The Bertz CT molecular complexity index is 968. The van der Waals surface area contributed by atoms with Crippen LogP contribution in [0.1, 0.15) is 24.1 Å². The van der Waals surface area contributed by atoms with E-state index >= 15 is 0 Å². The van der Waals surface area contributed by atoms with Crippen LogP contribution in [0.25, 0.3) is 5.69 Å². The number of aromatic nitrogens is 2. The van der Waals surface area contributed by atoms with E-state index in [2.05, 4.69) is 26.8 Å². The molecule has 1 heterocycles. The molecule has 3 aromatic rings. The summed E-state index contributed by atoms with van der Waals surface area (Å²) < 4.78 is 1.81. The van der Waals surface area contributed by atoms with Gasteiger partial charge in [-0.15, -0.1) is 0 Å². The first kappa shape index (κ1) is 19.1. The third-order valence-corrected chi connectivity index (χ3v) is 4.30. The molecular formula is C20H22N6O2. The topological polar surface area (TPSA) is 97.4 Å². The molecule has 1 unspecified atom stereocenters. The molecule has 8 heteroatoms. The van der Waals surface area contributed by atoms with E-state index in [-0.39, 0.29) is 11.7 Å². The summed E-state index contributed by atoms with van der Waals surface area (Å²) in [6.45, 7) is 2.48. The lowest BCUT2D eigenvalue weighted by Crippen LogP contribution is -2.38. The van der Waals surface area contributed by atoms with Crippen LogP contribution in [0.3, 0.4) is 0 Å². The molecule has 0 saturated heterocycles. The van der Waals surface area contributed by atoms with Crippen molar-refractivity contribution < 1.29 is 4.92 Å². The van der Waals surface area contributed by atoms with Gasteiger partial charge in [-0.05, 0) is 36.2 Å². The van der Waals surface area contributed by atoms with E-state index in [1.807, 2.05) is 48.1 Å². The van der Waals surface area contributed by atoms with Gasteiger partial charge in [-0.1, -0.05) is 24.3 Å². The lowest BCUT2D eigenvalue weighted by atomic mass is 10.1. The fourth-order valence-corrected chi connectivity index (χ4v) is 2.81. The van der Waals surface area contributed by atoms with Crippen LogP contribution >= 0.6 is 0 Å². The Hall–Kier alpha value is -3.68. The number of nitro benzene ring substituents is 1. The Morgan fingerprint density at radius 2 is 2.07 bits per heavy atom. The highest BCUT2D eigenvalue weighted by molar-refractivity contribution is 5.80. The predicted octanol–water partition coefficient (Wildman–Crippen LogP) is 3.21. The van der Waals surface area contributed by atoms with E-state index in [0.717, 1.165) is 16.8 Å². The molecule has 1 aromatic heterocycles. The van der Waals surface area contributed by atoms with E-state index < -0.39 is 4.92 Å². The number of nitro groups is 1. The van der Waals surface area contributed by atoms with E-state index in [1.165, 1.54) is 6.07 Å². The minimum absolute atomic E-state index is 0.00632. The third kappa shape index (κ3) is 4.73. The number of aliphatic imine (C=N–C) groups is 1. The van der Waals surface area contributed by atoms with Crippen molar-refractivity contribution in [2.45, 2.75) is 19.5 Å². The van der Waals surface area contributed by atoms with Gasteiger partial charge in [0.05, 0.1) is 16.7 Å². The number of guanidine groups is 1. The van der Waals surface area contributed by atoms with E-state index in [4.69, 9.17) is 0 Å². The zero-order chi connectivity index (χ0) is 19.9. The largest absolute Gasteiger partial charge is 0.352 e. The van der Waals surface area contributed by atoms with Gasteiger partial charge in [0.15, 0.2) is 5.96 Å². The predicted molar refractivity (Wildman–Crippen MR) is 108 cm³/mol. The first-order valence-corrected chi connectivity index (χ1v) is 8.87. The van der Waals surface area contributed by atoms with E-state index in [0.29, 0.717) is 12.5 Å². The van der Waals surface area contributed by atoms with E-state index in [9.17, 15) is 10.1 Å². The summed E-state index contributed by atoms with van der Waals surface area (Å²) in [7, 11) is 1.69. The minimum atomic E-state index is -0.398. The summed E-state index contributed by atoms with van der Waals surface area (Å²) in [5, 5.41) is 21.7. The lowest BCUT2D eigenvalue weighted by molar-refractivity contribution is -0.384. The van der Waals surface area contributed by atoms with Gasteiger partial charge in [0.25, 0.3) is 5.69 Å². The zero-order valence-corrected chi connectivity index (χ0v) is 15.7. The maximum atomic E-state index is 10.9. The molecule has 2 N–H and O–H groups in total. The van der Waals surface area contributed by atoms with E-state index in [1.54, 1.807) is 25.4 Å². The van der Waals surface area contributed by atoms with Gasteiger partial charge in [-0.25, -0.2) is 4.68 Å². The number of nitrogens with zero attached hydrogens (tertiary/aromatic N) is 4. The average Bonchev–Trinajstić information content (AvgIpc) is 3.26. The van der Waals surface area contributed by atoms with Gasteiger partial charge in [0.2, 0.25) is 0 Å². The van der Waals surface area contributed by atoms with Gasteiger partial charge >= 0.3 is 0 Å². The molecule has 0 saturated carbocycles. The number of hydrogen-bond acceptors (Lipinski definition) is 4. The molecule has 0 radical (unpaired) electrons. The SMILES string of the molecule is CN=C(NCc1cccc([N+](=O)[O-])c1)NC(C)c1cccc(-n2cccn2)c1. The second-order valence-corrected chi connectivity index (χ2v) is 6.26. The molecule has 3 rings (SSSR count). The zero-order valence-electron chi connectivity index (χ0n) is 15.7. The maximum absolute atomic E-state index is 10.9. The Kier molecular flexibility index (Phi) is 6.01. The molecule has 8 nitrogen and oxygen atoms in total. The van der Waals surface area contributed by atoms with Crippen LogP contribution in [-0.4, -0.2) is 27.7 Å². The smallest absolute Gasteiger partial charge is 0.269 e. The van der Waals surface area contributed by atoms with Crippen LogP contribution in [0.4, 0.5) is 5.69 Å². The summed E-state index contributed by atoms with van der Waals surface area (Å²) in [6, 6.07) is 16.5. The summed E-state index contributed by atoms with van der Waals surface area (Å²) in [4.78, 5) is 14.7. The summed E-state index contributed by atoms with van der Waals surface area (Å²) in [6.07, 6.45) is 3.64.